The van der Waals surface area contributed by atoms with E-state index in [4.69, 9.17) is 39.1 Å². The fraction of sp³-hybridized carbons (Fsp3) is 1.00. The van der Waals surface area contributed by atoms with Gasteiger partial charge < -0.3 is 0 Å². The lowest BCUT2D eigenvalue weighted by Crippen LogP contribution is -2.51. The van der Waals surface area contributed by atoms with E-state index < -0.39 is 34.0 Å². The van der Waals surface area contributed by atoms with Gasteiger partial charge in [-0.05, 0) is 82.1 Å². The Morgan fingerprint density at radius 3 is 0.971 bits per heavy atom. The first-order chi connectivity index (χ1) is 15.4. The minimum atomic E-state index is -1.12. The van der Waals surface area contributed by atoms with E-state index in [1.165, 1.54) is 0 Å². The van der Waals surface area contributed by atoms with Crippen molar-refractivity contribution < 1.29 is 39.1 Å². The highest BCUT2D eigenvalue weighted by molar-refractivity contribution is 4.85. The molecule has 8 heteroatoms. The second-order valence-corrected chi connectivity index (χ2v) is 12.7. The zero-order valence-corrected chi connectivity index (χ0v) is 23.9. The van der Waals surface area contributed by atoms with E-state index in [2.05, 4.69) is 13.8 Å². The first-order valence-electron chi connectivity index (χ1n) is 12.8. The smallest absolute Gasteiger partial charge is 0.228 e. The summed E-state index contributed by atoms with van der Waals surface area (Å²) in [6.07, 6.45) is 5.19. The summed E-state index contributed by atoms with van der Waals surface area (Å²) in [6, 6.07) is 0. The van der Waals surface area contributed by atoms with Crippen LogP contribution in [0.2, 0.25) is 0 Å². The van der Waals surface area contributed by atoms with Gasteiger partial charge in [-0.25, -0.2) is 19.6 Å². The van der Waals surface area contributed by atoms with E-state index >= 15 is 0 Å². The Morgan fingerprint density at radius 2 is 0.735 bits per heavy atom. The van der Waals surface area contributed by atoms with Gasteiger partial charge in [-0.15, -0.1) is 0 Å². The van der Waals surface area contributed by atoms with Crippen LogP contribution >= 0.6 is 0 Å². The molecule has 8 nitrogen and oxygen atoms in total. The Kier molecular flexibility index (Phi) is 11.5. The molecule has 1 rings (SSSR count). The van der Waals surface area contributed by atoms with Crippen LogP contribution in [0.4, 0.5) is 0 Å². The normalized spacial score (nSPS) is 19.4. The van der Waals surface area contributed by atoms with Crippen molar-refractivity contribution in [2.75, 3.05) is 0 Å². The van der Waals surface area contributed by atoms with E-state index in [0.717, 1.165) is 25.7 Å². The predicted octanol–water partition coefficient (Wildman–Crippen LogP) is 7.50. The van der Waals surface area contributed by atoms with Gasteiger partial charge in [-0.1, -0.05) is 26.7 Å². The summed E-state index contributed by atoms with van der Waals surface area (Å²) in [5.74, 6) is -2.23. The van der Waals surface area contributed by atoms with Crippen molar-refractivity contribution in [3.63, 3.8) is 0 Å². The molecule has 0 bridgehead atoms. The molecule has 0 saturated heterocycles. The Morgan fingerprint density at radius 1 is 0.471 bits per heavy atom. The summed E-state index contributed by atoms with van der Waals surface area (Å²) in [5.41, 5.74) is -1.95. The standard InChI is InChI=1S/C26H52O8/c1-13-15-23(9,10)29-33-26(34-30-24(11,12)16-14-2)19-17-25(18-20-26,31-27-21(3,4)5)32-28-22(6,7)8/h13-20H2,1-12H3. The van der Waals surface area contributed by atoms with Gasteiger partial charge in [0.05, 0.1) is 22.4 Å². The highest BCUT2D eigenvalue weighted by Gasteiger charge is 2.52. The maximum Gasteiger partial charge on any atom is 0.234 e. The molecule has 204 valence electrons. The molecule has 0 amide bonds. The summed E-state index contributed by atoms with van der Waals surface area (Å²) in [5, 5.41) is 0. The molecule has 0 atom stereocenters. The molecule has 1 aliphatic carbocycles. The van der Waals surface area contributed by atoms with Crippen molar-refractivity contribution in [3.05, 3.63) is 0 Å². The lowest BCUT2D eigenvalue weighted by Gasteiger charge is -2.44. The monoisotopic (exact) mass is 492 g/mol. The van der Waals surface area contributed by atoms with Crippen molar-refractivity contribution in [1.29, 1.82) is 0 Å². The minimum absolute atomic E-state index is 0.383. The zero-order valence-electron chi connectivity index (χ0n) is 23.9. The molecular weight excluding hydrogens is 440 g/mol. The van der Waals surface area contributed by atoms with Crippen LogP contribution in [0.3, 0.4) is 0 Å². The summed E-state index contributed by atoms with van der Waals surface area (Å²) in [6.45, 7) is 23.7. The summed E-state index contributed by atoms with van der Waals surface area (Å²) < 4.78 is 0. The fourth-order valence-corrected chi connectivity index (χ4v) is 3.44. The molecular formula is C26H52O8. The van der Waals surface area contributed by atoms with Gasteiger partial charge >= 0.3 is 0 Å². The number of hydrogen-bond donors (Lipinski definition) is 0. The van der Waals surface area contributed by atoms with Crippen molar-refractivity contribution in [3.8, 4) is 0 Å². The molecule has 0 spiro atoms. The topological polar surface area (TPSA) is 73.8 Å². The molecule has 0 radical (unpaired) electrons. The lowest BCUT2D eigenvalue weighted by atomic mass is 9.89. The van der Waals surface area contributed by atoms with E-state index in [1.54, 1.807) is 0 Å². The fourth-order valence-electron chi connectivity index (χ4n) is 3.44. The maximum absolute atomic E-state index is 6.01. The highest BCUT2D eigenvalue weighted by atomic mass is 17.3. The van der Waals surface area contributed by atoms with Crippen molar-refractivity contribution in [1.82, 2.24) is 0 Å². The minimum Gasteiger partial charge on any atom is -0.228 e. The maximum atomic E-state index is 6.01. The third-order valence-electron chi connectivity index (χ3n) is 5.20. The van der Waals surface area contributed by atoms with Crippen LogP contribution in [0.15, 0.2) is 0 Å². The van der Waals surface area contributed by atoms with Crippen LogP contribution in [0, 0.1) is 0 Å². The van der Waals surface area contributed by atoms with Crippen molar-refractivity contribution in [2.45, 2.75) is 168 Å². The quantitative estimate of drug-likeness (QED) is 0.140. The predicted molar refractivity (Wildman–Crippen MR) is 130 cm³/mol. The summed E-state index contributed by atoms with van der Waals surface area (Å²) in [7, 11) is 0. The SMILES string of the molecule is CCCC(C)(C)OOC1(OOC(C)(C)CCC)CCC(OOC(C)(C)C)(OOC(C)(C)C)CC1. The molecule has 34 heavy (non-hydrogen) atoms. The Balaban J connectivity index is 3.05. The third-order valence-corrected chi connectivity index (χ3v) is 5.20. The van der Waals surface area contributed by atoms with E-state index in [1.807, 2.05) is 69.2 Å². The molecule has 1 fully saturated rings. The molecule has 1 saturated carbocycles. The van der Waals surface area contributed by atoms with E-state index in [0.29, 0.717) is 25.7 Å². The van der Waals surface area contributed by atoms with Crippen LogP contribution in [-0.4, -0.2) is 34.0 Å². The summed E-state index contributed by atoms with van der Waals surface area (Å²) in [4.78, 5) is 46.8. The Labute approximate surface area is 207 Å². The average Bonchev–Trinajstić information content (AvgIpc) is 2.69. The van der Waals surface area contributed by atoms with Crippen LogP contribution in [0.1, 0.15) is 134 Å². The zero-order chi connectivity index (χ0) is 26.3. The number of hydrogen-bond acceptors (Lipinski definition) is 8. The van der Waals surface area contributed by atoms with E-state index in [-0.39, 0.29) is 0 Å². The van der Waals surface area contributed by atoms with Crippen molar-refractivity contribution >= 4 is 0 Å². The highest BCUT2D eigenvalue weighted by Crippen LogP contribution is 2.44. The third kappa shape index (κ3) is 12.1. The molecule has 0 aromatic carbocycles. The first kappa shape index (κ1) is 31.7. The van der Waals surface area contributed by atoms with Crippen LogP contribution < -0.4 is 0 Å². The van der Waals surface area contributed by atoms with Gasteiger partial charge in [0.15, 0.2) is 0 Å². The van der Waals surface area contributed by atoms with Gasteiger partial charge in [0.2, 0.25) is 11.6 Å². The van der Waals surface area contributed by atoms with Gasteiger partial charge in [0.25, 0.3) is 0 Å². The molecule has 0 unspecified atom stereocenters. The van der Waals surface area contributed by atoms with Gasteiger partial charge in [-0.2, -0.15) is 19.6 Å². The Bertz CT molecular complexity index is 537. The molecule has 0 aliphatic heterocycles. The molecule has 0 aromatic rings. The van der Waals surface area contributed by atoms with Crippen molar-refractivity contribution in [2.24, 2.45) is 0 Å². The lowest BCUT2D eigenvalue weighted by molar-refractivity contribution is -0.577. The second-order valence-electron chi connectivity index (χ2n) is 12.7. The average molecular weight is 493 g/mol. The first-order valence-corrected chi connectivity index (χ1v) is 12.8. The van der Waals surface area contributed by atoms with Gasteiger partial charge in [0.1, 0.15) is 0 Å². The van der Waals surface area contributed by atoms with Gasteiger partial charge in [-0.3, -0.25) is 0 Å². The number of rotatable bonds is 14. The molecule has 0 N–H and O–H groups in total. The molecule has 0 aromatic heterocycles. The van der Waals surface area contributed by atoms with Crippen LogP contribution in [0.25, 0.3) is 0 Å². The van der Waals surface area contributed by atoms with Crippen LogP contribution in [0.5, 0.6) is 0 Å². The largest absolute Gasteiger partial charge is 0.234 e. The van der Waals surface area contributed by atoms with Crippen LogP contribution in [-0.2, 0) is 39.1 Å². The molecule has 0 heterocycles. The second kappa shape index (κ2) is 12.3. The summed E-state index contributed by atoms with van der Waals surface area (Å²) >= 11 is 0. The molecule has 1 aliphatic rings. The Hall–Kier alpha value is -0.320. The van der Waals surface area contributed by atoms with E-state index in [9.17, 15) is 0 Å². The van der Waals surface area contributed by atoms with Gasteiger partial charge in [0, 0.05) is 25.7 Å².